The summed E-state index contributed by atoms with van der Waals surface area (Å²) in [5, 5.41) is 13.2. The van der Waals surface area contributed by atoms with E-state index in [0.717, 1.165) is 30.9 Å². The molecule has 1 heterocycles. The third-order valence-electron chi connectivity index (χ3n) is 3.74. The minimum absolute atomic E-state index is 0.174. The lowest BCUT2D eigenvalue weighted by Crippen LogP contribution is -2.35. The molecule has 1 aromatic rings. The second-order valence-electron chi connectivity index (χ2n) is 5.67. The van der Waals surface area contributed by atoms with Gasteiger partial charge in [-0.05, 0) is 43.2 Å². The fraction of sp³-hybridized carbons (Fsp3) is 0.600. The summed E-state index contributed by atoms with van der Waals surface area (Å²) in [5.74, 6) is 1.15. The van der Waals surface area contributed by atoms with Crippen molar-refractivity contribution in [1.29, 1.82) is 0 Å². The number of hydrogen-bond acceptors (Lipinski definition) is 3. The summed E-state index contributed by atoms with van der Waals surface area (Å²) in [7, 11) is 0. The maximum atomic E-state index is 12.6. The number of hydrogen-bond donors (Lipinski definition) is 2. The van der Waals surface area contributed by atoms with Crippen molar-refractivity contribution in [2.24, 2.45) is 0 Å². The Labute approximate surface area is 127 Å². The summed E-state index contributed by atoms with van der Waals surface area (Å²) < 4.78 is 38.1. The molecule has 0 aliphatic carbocycles. The molecule has 1 aliphatic heterocycles. The van der Waals surface area contributed by atoms with Crippen molar-refractivity contribution in [3.63, 3.8) is 0 Å². The molecule has 2 rings (SSSR count). The van der Waals surface area contributed by atoms with Crippen LogP contribution in [0.25, 0.3) is 0 Å². The van der Waals surface area contributed by atoms with Crippen molar-refractivity contribution in [2.75, 3.05) is 18.8 Å². The van der Waals surface area contributed by atoms with Crippen LogP contribution in [0, 0.1) is 0 Å². The van der Waals surface area contributed by atoms with Crippen LogP contribution in [0.1, 0.15) is 37.0 Å². The molecule has 0 radical (unpaired) electrons. The standard InChI is InChI=1S/C15H20F3NOS/c1-14(6-3-7-21-14)10-19-9-13(20)11-4-2-5-12(8-11)15(16,17)18/h2,4-5,8,13,19-20H,3,6-7,9-10H2,1H3. The minimum atomic E-state index is -4.38. The molecule has 2 unspecified atom stereocenters. The largest absolute Gasteiger partial charge is 0.416 e. The fourth-order valence-electron chi connectivity index (χ4n) is 2.49. The van der Waals surface area contributed by atoms with E-state index in [2.05, 4.69) is 12.2 Å². The zero-order valence-corrected chi connectivity index (χ0v) is 12.7. The highest BCUT2D eigenvalue weighted by Crippen LogP contribution is 2.37. The summed E-state index contributed by atoms with van der Waals surface area (Å²) in [5.41, 5.74) is -0.432. The first kappa shape index (κ1) is 16.6. The Balaban J connectivity index is 1.90. The van der Waals surface area contributed by atoms with E-state index in [1.54, 1.807) is 0 Å². The molecule has 2 atom stereocenters. The molecule has 0 spiro atoms. The van der Waals surface area contributed by atoms with Gasteiger partial charge >= 0.3 is 6.18 Å². The lowest BCUT2D eigenvalue weighted by atomic mass is 10.0. The summed E-state index contributed by atoms with van der Waals surface area (Å²) >= 11 is 1.91. The third kappa shape index (κ3) is 4.63. The van der Waals surface area contributed by atoms with Crippen molar-refractivity contribution < 1.29 is 18.3 Å². The SMILES string of the molecule is CC1(CNCC(O)c2cccc(C(F)(F)F)c2)CCCS1. The molecule has 0 amide bonds. The highest BCUT2D eigenvalue weighted by Gasteiger charge is 2.31. The van der Waals surface area contributed by atoms with E-state index in [1.807, 2.05) is 11.8 Å². The van der Waals surface area contributed by atoms with Crippen molar-refractivity contribution in [3.8, 4) is 0 Å². The molecule has 2 N–H and O–H groups in total. The summed E-state index contributed by atoms with van der Waals surface area (Å²) in [6.45, 7) is 3.19. The van der Waals surface area contributed by atoms with Crippen LogP contribution in [0.2, 0.25) is 0 Å². The third-order valence-corrected chi connectivity index (χ3v) is 5.27. The predicted octanol–water partition coefficient (Wildman–Crippen LogP) is 3.61. The van der Waals surface area contributed by atoms with Gasteiger partial charge in [0.2, 0.25) is 0 Å². The molecule has 1 fully saturated rings. The molecule has 1 aliphatic rings. The summed E-state index contributed by atoms with van der Waals surface area (Å²) in [4.78, 5) is 0. The maximum Gasteiger partial charge on any atom is 0.416 e. The lowest BCUT2D eigenvalue weighted by molar-refractivity contribution is -0.137. The Morgan fingerprint density at radius 1 is 1.43 bits per heavy atom. The van der Waals surface area contributed by atoms with Gasteiger partial charge in [-0.1, -0.05) is 12.1 Å². The topological polar surface area (TPSA) is 32.3 Å². The van der Waals surface area contributed by atoms with E-state index in [9.17, 15) is 18.3 Å². The number of benzene rings is 1. The Kier molecular flexibility index (Phi) is 5.22. The highest BCUT2D eigenvalue weighted by atomic mass is 32.2. The Bertz CT molecular complexity index is 472. The lowest BCUT2D eigenvalue weighted by Gasteiger charge is -2.24. The number of nitrogens with one attached hydrogen (secondary N) is 1. The Morgan fingerprint density at radius 3 is 2.81 bits per heavy atom. The molecule has 0 saturated carbocycles. The zero-order valence-electron chi connectivity index (χ0n) is 11.9. The smallest absolute Gasteiger partial charge is 0.387 e. The second-order valence-corrected chi connectivity index (χ2v) is 7.35. The Morgan fingerprint density at radius 2 is 2.19 bits per heavy atom. The van der Waals surface area contributed by atoms with Gasteiger partial charge in [0.25, 0.3) is 0 Å². The molecule has 1 saturated heterocycles. The van der Waals surface area contributed by atoms with Gasteiger partial charge in [0.15, 0.2) is 0 Å². The van der Waals surface area contributed by atoms with Gasteiger partial charge in [-0.3, -0.25) is 0 Å². The quantitative estimate of drug-likeness (QED) is 0.869. The fourth-order valence-corrected chi connectivity index (χ4v) is 3.76. The first-order valence-corrected chi connectivity index (χ1v) is 7.99. The molecule has 1 aromatic carbocycles. The van der Waals surface area contributed by atoms with Crippen LogP contribution in [0.5, 0.6) is 0 Å². The number of alkyl halides is 3. The van der Waals surface area contributed by atoms with Crippen molar-refractivity contribution in [1.82, 2.24) is 5.32 Å². The zero-order chi connectivity index (χ0) is 15.5. The molecule has 21 heavy (non-hydrogen) atoms. The molecule has 118 valence electrons. The monoisotopic (exact) mass is 319 g/mol. The second kappa shape index (κ2) is 6.58. The van der Waals surface area contributed by atoms with Gasteiger partial charge in [-0.25, -0.2) is 0 Å². The normalized spacial score (nSPS) is 24.2. The number of halogens is 3. The molecule has 0 bridgehead atoms. The molecule has 6 heteroatoms. The molecule has 0 aromatic heterocycles. The molecular formula is C15H20F3NOS. The van der Waals surface area contributed by atoms with Gasteiger partial charge in [-0.2, -0.15) is 24.9 Å². The first-order valence-electron chi connectivity index (χ1n) is 7.00. The van der Waals surface area contributed by atoms with Crippen molar-refractivity contribution in [2.45, 2.75) is 36.8 Å². The van der Waals surface area contributed by atoms with Crippen LogP contribution >= 0.6 is 11.8 Å². The number of rotatable bonds is 5. The maximum absolute atomic E-state index is 12.6. The average Bonchev–Trinajstić information content (AvgIpc) is 2.85. The van der Waals surface area contributed by atoms with Crippen LogP contribution in [0.15, 0.2) is 24.3 Å². The molecular weight excluding hydrogens is 299 g/mol. The van der Waals surface area contributed by atoms with Gasteiger partial charge in [0, 0.05) is 17.8 Å². The van der Waals surface area contributed by atoms with Crippen molar-refractivity contribution in [3.05, 3.63) is 35.4 Å². The molecule has 2 nitrogen and oxygen atoms in total. The van der Waals surface area contributed by atoms with Crippen molar-refractivity contribution >= 4 is 11.8 Å². The average molecular weight is 319 g/mol. The van der Waals surface area contributed by atoms with E-state index in [4.69, 9.17) is 0 Å². The van der Waals surface area contributed by atoms with Crippen LogP contribution in [-0.2, 0) is 6.18 Å². The van der Waals surface area contributed by atoms with Gasteiger partial charge in [0.05, 0.1) is 11.7 Å². The van der Waals surface area contributed by atoms with E-state index >= 15 is 0 Å². The van der Waals surface area contributed by atoms with Crippen LogP contribution in [-0.4, -0.2) is 28.7 Å². The number of aliphatic hydroxyl groups is 1. The minimum Gasteiger partial charge on any atom is -0.387 e. The summed E-state index contributed by atoms with van der Waals surface area (Å²) in [6, 6.07) is 4.88. The van der Waals surface area contributed by atoms with Gasteiger partial charge in [-0.15, -0.1) is 0 Å². The number of aliphatic hydroxyl groups excluding tert-OH is 1. The van der Waals surface area contributed by atoms with Crippen LogP contribution in [0.3, 0.4) is 0 Å². The van der Waals surface area contributed by atoms with E-state index < -0.39 is 17.8 Å². The van der Waals surface area contributed by atoms with E-state index in [0.29, 0.717) is 5.56 Å². The summed E-state index contributed by atoms with van der Waals surface area (Å²) in [6.07, 6.45) is -2.98. The van der Waals surface area contributed by atoms with E-state index in [-0.39, 0.29) is 11.3 Å². The van der Waals surface area contributed by atoms with Crippen LogP contribution in [0.4, 0.5) is 13.2 Å². The highest BCUT2D eigenvalue weighted by molar-refractivity contribution is 8.00. The van der Waals surface area contributed by atoms with Crippen LogP contribution < -0.4 is 5.32 Å². The van der Waals surface area contributed by atoms with Gasteiger partial charge in [0.1, 0.15) is 0 Å². The number of thioether (sulfide) groups is 1. The van der Waals surface area contributed by atoms with E-state index in [1.165, 1.54) is 18.6 Å². The van der Waals surface area contributed by atoms with Gasteiger partial charge < -0.3 is 10.4 Å². The predicted molar refractivity (Wildman–Crippen MR) is 79.4 cm³/mol. The Hall–Kier alpha value is -0.720. The first-order chi connectivity index (χ1) is 9.80.